The van der Waals surface area contributed by atoms with Crippen molar-refractivity contribution in [3.05, 3.63) is 11.6 Å². The summed E-state index contributed by atoms with van der Waals surface area (Å²) in [5.74, 6) is 1.10. The van der Waals surface area contributed by atoms with Gasteiger partial charge in [-0.2, -0.15) is 0 Å². The lowest BCUT2D eigenvalue weighted by Crippen LogP contribution is -2.66. The van der Waals surface area contributed by atoms with Crippen LogP contribution in [0, 0.1) is 50.2 Å². The van der Waals surface area contributed by atoms with E-state index in [0.717, 1.165) is 51.4 Å². The Bertz CT molecular complexity index is 954. The lowest BCUT2D eigenvalue weighted by molar-refractivity contribution is -0.221. The Morgan fingerprint density at radius 1 is 0.889 bits per heavy atom. The van der Waals surface area contributed by atoms with Gasteiger partial charge in [0.2, 0.25) is 0 Å². The lowest BCUT2D eigenvalue weighted by Gasteiger charge is -2.71. The Kier molecular flexibility index (Phi) is 5.99. The van der Waals surface area contributed by atoms with Gasteiger partial charge in [-0.3, -0.25) is 4.79 Å². The first-order valence-corrected chi connectivity index (χ1v) is 14.7. The summed E-state index contributed by atoms with van der Waals surface area (Å²) in [6, 6.07) is 0. The minimum absolute atomic E-state index is 0.0112. The van der Waals surface area contributed by atoms with Crippen LogP contribution in [0.25, 0.3) is 0 Å². The molecule has 204 valence electrons. The summed E-state index contributed by atoms with van der Waals surface area (Å²) in [7, 11) is 0. The van der Waals surface area contributed by atoms with Crippen LogP contribution in [0.4, 0.5) is 0 Å². The zero-order chi connectivity index (χ0) is 26.5. The van der Waals surface area contributed by atoms with E-state index >= 15 is 0 Å². The summed E-state index contributed by atoms with van der Waals surface area (Å²) < 4.78 is 5.58. The predicted molar refractivity (Wildman–Crippen MR) is 143 cm³/mol. The standard InChI is InChI=1S/C32H52O4/c1-20(33)36-19-30(6)23-11-14-32(8)24(29(23,5)13-12-25(30)34)10-9-21-22-17-27(2,3)18-26(35)28(22,4)15-16-31(21,32)7/h9,22-26,34-35H,10-19H2,1-8H3/t22-,23?,24-,25+,26-,28-,29+,30+,31-,32-/m1/s1. The van der Waals surface area contributed by atoms with E-state index in [-0.39, 0.29) is 39.1 Å². The Morgan fingerprint density at radius 2 is 1.58 bits per heavy atom. The molecule has 1 unspecified atom stereocenters. The number of rotatable bonds is 2. The van der Waals surface area contributed by atoms with Gasteiger partial charge >= 0.3 is 5.97 Å². The molecule has 0 amide bonds. The Morgan fingerprint density at radius 3 is 2.25 bits per heavy atom. The van der Waals surface area contributed by atoms with Crippen molar-refractivity contribution in [2.75, 3.05) is 6.61 Å². The summed E-state index contributed by atoms with van der Waals surface area (Å²) in [6.45, 7) is 18.7. The van der Waals surface area contributed by atoms with Crippen LogP contribution in [0.15, 0.2) is 11.6 Å². The monoisotopic (exact) mass is 500 g/mol. The number of carbonyl (C=O) groups excluding carboxylic acids is 1. The fourth-order valence-corrected chi connectivity index (χ4v) is 10.9. The molecular formula is C32H52O4. The summed E-state index contributed by atoms with van der Waals surface area (Å²) in [4.78, 5) is 11.7. The van der Waals surface area contributed by atoms with Crippen molar-refractivity contribution >= 4 is 5.97 Å². The van der Waals surface area contributed by atoms with Crippen LogP contribution in [0.3, 0.4) is 0 Å². The van der Waals surface area contributed by atoms with Gasteiger partial charge < -0.3 is 14.9 Å². The molecule has 4 fully saturated rings. The van der Waals surface area contributed by atoms with E-state index in [1.165, 1.54) is 13.3 Å². The van der Waals surface area contributed by atoms with Crippen molar-refractivity contribution in [1.29, 1.82) is 0 Å². The number of aliphatic hydroxyl groups excluding tert-OH is 2. The minimum atomic E-state index is -0.425. The number of carbonyl (C=O) groups is 1. The SMILES string of the molecule is CC(=O)OC[C@@]1(C)C2CC[C@]3(C)[C@H](CC=C4[C@H]5CC(C)(C)C[C@@H](O)[C@]5(C)CC[C@]43C)[C@@]2(C)CC[C@@H]1O. The molecule has 0 heterocycles. The largest absolute Gasteiger partial charge is 0.465 e. The minimum Gasteiger partial charge on any atom is -0.465 e. The van der Waals surface area contributed by atoms with Gasteiger partial charge in [0.05, 0.1) is 18.8 Å². The molecule has 0 aliphatic heterocycles. The first kappa shape index (κ1) is 26.7. The van der Waals surface area contributed by atoms with E-state index in [4.69, 9.17) is 4.74 Å². The van der Waals surface area contributed by atoms with Crippen molar-refractivity contribution in [3.8, 4) is 0 Å². The molecule has 36 heavy (non-hydrogen) atoms. The number of hydrogen-bond acceptors (Lipinski definition) is 4. The lowest BCUT2D eigenvalue weighted by atomic mass is 9.33. The quantitative estimate of drug-likeness (QED) is 0.328. The van der Waals surface area contributed by atoms with Gasteiger partial charge in [-0.25, -0.2) is 0 Å². The van der Waals surface area contributed by atoms with Crippen molar-refractivity contribution in [1.82, 2.24) is 0 Å². The normalized spacial score (nSPS) is 53.7. The molecule has 0 aromatic carbocycles. The molecule has 4 nitrogen and oxygen atoms in total. The first-order chi connectivity index (χ1) is 16.5. The number of allylic oxidation sites excluding steroid dienone is 2. The molecule has 5 aliphatic carbocycles. The molecule has 0 saturated heterocycles. The van der Waals surface area contributed by atoms with E-state index < -0.39 is 11.5 Å². The number of fused-ring (bicyclic) bond motifs is 7. The van der Waals surface area contributed by atoms with Crippen molar-refractivity contribution in [3.63, 3.8) is 0 Å². The van der Waals surface area contributed by atoms with Crippen molar-refractivity contribution in [2.24, 2.45) is 50.2 Å². The fourth-order valence-electron chi connectivity index (χ4n) is 10.9. The number of ether oxygens (including phenoxy) is 1. The zero-order valence-corrected chi connectivity index (χ0v) is 24.2. The average Bonchev–Trinajstić information content (AvgIpc) is 2.77. The first-order valence-electron chi connectivity index (χ1n) is 14.7. The van der Waals surface area contributed by atoms with Gasteiger partial charge in [-0.1, -0.05) is 60.1 Å². The molecule has 0 spiro atoms. The zero-order valence-electron chi connectivity index (χ0n) is 24.2. The Labute approximate surface area is 219 Å². The van der Waals surface area contributed by atoms with Gasteiger partial charge in [-0.05, 0) is 97.2 Å². The second-order valence-electron chi connectivity index (χ2n) is 15.8. The van der Waals surface area contributed by atoms with E-state index in [1.54, 1.807) is 5.57 Å². The topological polar surface area (TPSA) is 66.8 Å². The molecule has 10 atom stereocenters. The summed E-state index contributed by atoms with van der Waals surface area (Å²) in [5, 5.41) is 22.5. The predicted octanol–water partition coefficient (Wildman–Crippen LogP) is 6.68. The highest BCUT2D eigenvalue weighted by atomic mass is 16.5. The van der Waals surface area contributed by atoms with E-state index in [0.29, 0.717) is 24.4 Å². The van der Waals surface area contributed by atoms with Crippen LogP contribution in [-0.4, -0.2) is 35.0 Å². The average molecular weight is 501 g/mol. The third-order valence-corrected chi connectivity index (χ3v) is 13.5. The van der Waals surface area contributed by atoms with Gasteiger partial charge in [0.25, 0.3) is 0 Å². The van der Waals surface area contributed by atoms with E-state index in [2.05, 4.69) is 54.5 Å². The number of aliphatic hydroxyl groups is 2. The van der Waals surface area contributed by atoms with Gasteiger partial charge in [-0.15, -0.1) is 0 Å². The van der Waals surface area contributed by atoms with Crippen LogP contribution >= 0.6 is 0 Å². The van der Waals surface area contributed by atoms with Crippen molar-refractivity contribution < 1.29 is 19.7 Å². The summed E-state index contributed by atoms with van der Waals surface area (Å²) in [5.41, 5.74) is 1.86. The third kappa shape index (κ3) is 3.41. The van der Waals surface area contributed by atoms with Crippen LogP contribution in [0.5, 0.6) is 0 Å². The summed E-state index contributed by atoms with van der Waals surface area (Å²) in [6.07, 6.45) is 11.5. The van der Waals surface area contributed by atoms with Crippen LogP contribution in [-0.2, 0) is 9.53 Å². The van der Waals surface area contributed by atoms with Crippen LogP contribution in [0.2, 0.25) is 0 Å². The second-order valence-corrected chi connectivity index (χ2v) is 15.8. The second kappa shape index (κ2) is 8.07. The molecule has 2 N–H and O–H groups in total. The molecule has 5 aliphatic rings. The molecule has 0 radical (unpaired) electrons. The smallest absolute Gasteiger partial charge is 0.302 e. The third-order valence-electron chi connectivity index (χ3n) is 13.5. The highest BCUT2D eigenvalue weighted by Crippen LogP contribution is 2.75. The van der Waals surface area contributed by atoms with Crippen molar-refractivity contribution in [2.45, 2.75) is 125 Å². The molecule has 0 aromatic heterocycles. The van der Waals surface area contributed by atoms with E-state index in [9.17, 15) is 15.0 Å². The van der Waals surface area contributed by atoms with Gasteiger partial charge in [0.1, 0.15) is 0 Å². The molecule has 0 aromatic rings. The maximum absolute atomic E-state index is 11.7. The Balaban J connectivity index is 1.54. The van der Waals surface area contributed by atoms with E-state index in [1.807, 2.05) is 0 Å². The van der Waals surface area contributed by atoms with Crippen LogP contribution < -0.4 is 0 Å². The maximum Gasteiger partial charge on any atom is 0.302 e. The molecule has 5 rings (SSSR count). The fraction of sp³-hybridized carbons (Fsp3) is 0.906. The highest BCUT2D eigenvalue weighted by molar-refractivity contribution is 5.65. The number of hydrogen-bond donors (Lipinski definition) is 2. The summed E-state index contributed by atoms with van der Waals surface area (Å²) >= 11 is 0. The highest BCUT2D eigenvalue weighted by Gasteiger charge is 2.69. The molecular weight excluding hydrogens is 448 g/mol. The maximum atomic E-state index is 11.7. The van der Waals surface area contributed by atoms with Crippen LogP contribution in [0.1, 0.15) is 113 Å². The molecule has 4 saturated carbocycles. The van der Waals surface area contributed by atoms with Gasteiger partial charge in [0, 0.05) is 17.8 Å². The molecule has 4 heteroatoms. The number of esters is 1. The Hall–Kier alpha value is -0.870. The molecule has 0 bridgehead atoms. The van der Waals surface area contributed by atoms with Gasteiger partial charge in [0.15, 0.2) is 0 Å².